The Morgan fingerprint density at radius 2 is 2.09 bits per heavy atom. The number of carbonyl (C=O) groups is 1. The number of pyridine rings is 1. The summed E-state index contributed by atoms with van der Waals surface area (Å²) in [6, 6.07) is 8.94. The minimum Gasteiger partial charge on any atom is -0.334 e. The highest BCUT2D eigenvalue weighted by Gasteiger charge is 2.21. The maximum atomic E-state index is 12.4. The lowest BCUT2D eigenvalue weighted by Gasteiger charge is -2.25. The van der Waals surface area contributed by atoms with Crippen molar-refractivity contribution in [1.82, 2.24) is 9.88 Å². The van der Waals surface area contributed by atoms with Crippen molar-refractivity contribution >= 4 is 23.2 Å². The van der Waals surface area contributed by atoms with E-state index >= 15 is 0 Å². The molecule has 114 valence electrons. The SMILES string of the molecule is C[C@@H](c1cccc([N+](=O)[O-])c1)N(C)C(=O)c1cc(Cl)ccn1. The van der Waals surface area contributed by atoms with E-state index in [0.717, 1.165) is 0 Å². The summed E-state index contributed by atoms with van der Waals surface area (Å²) in [4.78, 5) is 28.2. The number of hydrogen-bond acceptors (Lipinski definition) is 4. The van der Waals surface area contributed by atoms with E-state index in [2.05, 4.69) is 4.98 Å². The van der Waals surface area contributed by atoms with Crippen molar-refractivity contribution in [1.29, 1.82) is 0 Å². The lowest BCUT2D eigenvalue weighted by Crippen LogP contribution is -2.30. The molecule has 2 rings (SSSR count). The van der Waals surface area contributed by atoms with Crippen molar-refractivity contribution in [3.8, 4) is 0 Å². The average Bonchev–Trinajstić information content (AvgIpc) is 2.52. The Labute approximate surface area is 132 Å². The summed E-state index contributed by atoms with van der Waals surface area (Å²) in [6.07, 6.45) is 1.46. The van der Waals surface area contributed by atoms with Crippen LogP contribution in [0.5, 0.6) is 0 Å². The zero-order chi connectivity index (χ0) is 16.3. The summed E-state index contributed by atoms with van der Waals surface area (Å²) in [5.41, 5.74) is 0.894. The van der Waals surface area contributed by atoms with E-state index in [1.54, 1.807) is 32.2 Å². The van der Waals surface area contributed by atoms with Crippen molar-refractivity contribution in [3.05, 3.63) is 69.0 Å². The molecule has 0 saturated carbocycles. The molecular weight excluding hydrogens is 306 g/mol. The first-order valence-electron chi connectivity index (χ1n) is 6.53. The highest BCUT2D eigenvalue weighted by Crippen LogP contribution is 2.24. The fraction of sp³-hybridized carbons (Fsp3) is 0.200. The van der Waals surface area contributed by atoms with Gasteiger partial charge in [0.15, 0.2) is 0 Å². The van der Waals surface area contributed by atoms with Crippen LogP contribution in [0.25, 0.3) is 0 Å². The van der Waals surface area contributed by atoms with E-state index in [-0.39, 0.29) is 23.3 Å². The quantitative estimate of drug-likeness (QED) is 0.638. The number of hydrogen-bond donors (Lipinski definition) is 0. The third kappa shape index (κ3) is 3.40. The Morgan fingerprint density at radius 3 is 2.73 bits per heavy atom. The molecule has 0 spiro atoms. The maximum absolute atomic E-state index is 12.4. The molecule has 1 aromatic heterocycles. The van der Waals surface area contributed by atoms with Gasteiger partial charge < -0.3 is 4.90 Å². The minimum atomic E-state index is -0.462. The number of nitro benzene ring substituents is 1. The minimum absolute atomic E-state index is 0.00826. The number of carbonyl (C=O) groups excluding carboxylic acids is 1. The molecule has 6 nitrogen and oxygen atoms in total. The van der Waals surface area contributed by atoms with Gasteiger partial charge in [-0.2, -0.15) is 0 Å². The van der Waals surface area contributed by atoms with Crippen molar-refractivity contribution in [2.45, 2.75) is 13.0 Å². The molecule has 1 heterocycles. The number of benzene rings is 1. The van der Waals surface area contributed by atoms with Gasteiger partial charge in [0.2, 0.25) is 0 Å². The Balaban J connectivity index is 2.25. The first-order chi connectivity index (χ1) is 10.4. The molecule has 2 aromatic rings. The Kier molecular flexibility index (Phi) is 4.72. The number of halogens is 1. The Hall–Kier alpha value is -2.47. The van der Waals surface area contributed by atoms with E-state index in [1.165, 1.54) is 29.3 Å². The van der Waals surface area contributed by atoms with Gasteiger partial charge in [-0.25, -0.2) is 0 Å². The number of non-ortho nitro benzene ring substituents is 1. The van der Waals surface area contributed by atoms with Crippen molar-refractivity contribution in [2.24, 2.45) is 0 Å². The summed E-state index contributed by atoms with van der Waals surface area (Å²) >= 11 is 5.86. The van der Waals surface area contributed by atoms with Crippen molar-refractivity contribution in [2.75, 3.05) is 7.05 Å². The molecular formula is C15H14ClN3O3. The largest absolute Gasteiger partial charge is 0.334 e. The molecule has 0 aliphatic rings. The lowest BCUT2D eigenvalue weighted by molar-refractivity contribution is -0.384. The molecule has 1 aromatic carbocycles. The van der Waals surface area contributed by atoms with Gasteiger partial charge in [-0.3, -0.25) is 19.9 Å². The molecule has 0 aliphatic carbocycles. The zero-order valence-corrected chi connectivity index (χ0v) is 12.8. The van der Waals surface area contributed by atoms with E-state index in [0.29, 0.717) is 10.6 Å². The van der Waals surface area contributed by atoms with E-state index in [4.69, 9.17) is 11.6 Å². The number of nitrogens with zero attached hydrogens (tertiary/aromatic N) is 3. The van der Waals surface area contributed by atoms with Gasteiger partial charge in [-0.05, 0) is 24.6 Å². The van der Waals surface area contributed by atoms with E-state index < -0.39 is 4.92 Å². The van der Waals surface area contributed by atoms with Gasteiger partial charge in [0, 0.05) is 30.4 Å². The van der Waals surface area contributed by atoms with Gasteiger partial charge >= 0.3 is 0 Å². The molecule has 1 amide bonds. The molecule has 7 heteroatoms. The van der Waals surface area contributed by atoms with Crippen molar-refractivity contribution in [3.63, 3.8) is 0 Å². The number of rotatable bonds is 4. The molecule has 0 radical (unpaired) electrons. The van der Waals surface area contributed by atoms with Crippen LogP contribution in [-0.4, -0.2) is 27.8 Å². The number of aromatic nitrogens is 1. The van der Waals surface area contributed by atoms with E-state index in [1.807, 2.05) is 0 Å². The Morgan fingerprint density at radius 1 is 1.36 bits per heavy atom. The van der Waals surface area contributed by atoms with Gasteiger partial charge in [0.1, 0.15) is 5.69 Å². The second-order valence-electron chi connectivity index (χ2n) is 4.80. The highest BCUT2D eigenvalue weighted by atomic mass is 35.5. The van der Waals surface area contributed by atoms with Crippen LogP contribution in [0.1, 0.15) is 29.0 Å². The van der Waals surface area contributed by atoms with Crippen LogP contribution in [0.4, 0.5) is 5.69 Å². The van der Waals surface area contributed by atoms with Crippen LogP contribution >= 0.6 is 11.6 Å². The van der Waals surface area contributed by atoms with Crippen LogP contribution in [-0.2, 0) is 0 Å². The van der Waals surface area contributed by atoms with E-state index in [9.17, 15) is 14.9 Å². The third-order valence-electron chi connectivity index (χ3n) is 3.41. The predicted molar refractivity (Wildman–Crippen MR) is 82.9 cm³/mol. The normalized spacial score (nSPS) is 11.8. The Bertz CT molecular complexity index is 721. The third-order valence-corrected chi connectivity index (χ3v) is 3.64. The summed E-state index contributed by atoms with van der Waals surface area (Å²) < 4.78 is 0. The van der Waals surface area contributed by atoms with Gasteiger partial charge in [-0.1, -0.05) is 23.7 Å². The molecule has 1 atom stereocenters. The smallest absolute Gasteiger partial charge is 0.272 e. The topological polar surface area (TPSA) is 76.3 Å². The van der Waals surface area contributed by atoms with Crippen LogP contribution in [0.15, 0.2) is 42.6 Å². The zero-order valence-electron chi connectivity index (χ0n) is 12.1. The van der Waals surface area contributed by atoms with Crippen LogP contribution < -0.4 is 0 Å². The standard InChI is InChI=1S/C15H14ClN3O3/c1-10(11-4-3-5-13(8-11)19(21)22)18(2)15(20)14-9-12(16)6-7-17-14/h3-10H,1-2H3/t10-/m0/s1. The second-order valence-corrected chi connectivity index (χ2v) is 5.24. The average molecular weight is 320 g/mol. The highest BCUT2D eigenvalue weighted by molar-refractivity contribution is 6.30. The summed E-state index contributed by atoms with van der Waals surface area (Å²) in [6.45, 7) is 1.79. The summed E-state index contributed by atoms with van der Waals surface area (Å²) in [7, 11) is 1.62. The lowest BCUT2D eigenvalue weighted by atomic mass is 10.1. The molecule has 0 bridgehead atoms. The first kappa shape index (κ1) is 15.9. The second kappa shape index (κ2) is 6.53. The van der Waals surface area contributed by atoms with Crippen LogP contribution in [0.3, 0.4) is 0 Å². The monoisotopic (exact) mass is 319 g/mol. The fourth-order valence-corrected chi connectivity index (χ4v) is 2.16. The molecule has 0 aliphatic heterocycles. The first-order valence-corrected chi connectivity index (χ1v) is 6.91. The molecule has 0 fully saturated rings. The summed E-state index contributed by atoms with van der Waals surface area (Å²) in [5, 5.41) is 11.3. The number of nitro groups is 1. The molecule has 0 saturated heterocycles. The van der Waals surface area contributed by atoms with Crippen molar-refractivity contribution < 1.29 is 9.72 Å². The van der Waals surface area contributed by atoms with Crippen LogP contribution in [0, 0.1) is 10.1 Å². The predicted octanol–water partition coefficient (Wildman–Crippen LogP) is 3.48. The number of amides is 1. The molecule has 22 heavy (non-hydrogen) atoms. The maximum Gasteiger partial charge on any atom is 0.272 e. The molecule has 0 unspecified atom stereocenters. The molecule has 0 N–H and O–H groups in total. The van der Waals surface area contributed by atoms with Gasteiger partial charge in [0.05, 0.1) is 11.0 Å². The fourth-order valence-electron chi connectivity index (χ4n) is 2.00. The van der Waals surface area contributed by atoms with Gasteiger partial charge in [-0.15, -0.1) is 0 Å². The van der Waals surface area contributed by atoms with Gasteiger partial charge in [0.25, 0.3) is 11.6 Å². The van der Waals surface area contributed by atoms with Crippen LogP contribution in [0.2, 0.25) is 5.02 Å². The summed E-state index contributed by atoms with van der Waals surface area (Å²) in [5.74, 6) is -0.304.